The second-order valence-electron chi connectivity index (χ2n) is 6.05. The molecule has 5 heteroatoms. The molecule has 1 aliphatic carbocycles. The van der Waals surface area contributed by atoms with Crippen LogP contribution in [0.15, 0.2) is 18.3 Å². The molecule has 0 aromatic carbocycles. The SMILES string of the molecule is CC(C)Oc1ncccc1C(=O)NC1CC2OCCCC12. The summed E-state index contributed by atoms with van der Waals surface area (Å²) in [6.45, 7) is 4.70. The molecule has 0 bridgehead atoms. The van der Waals surface area contributed by atoms with Crippen molar-refractivity contribution in [3.05, 3.63) is 23.9 Å². The smallest absolute Gasteiger partial charge is 0.256 e. The summed E-state index contributed by atoms with van der Waals surface area (Å²) in [4.78, 5) is 16.6. The first-order chi connectivity index (χ1) is 10.1. The number of pyridine rings is 1. The number of rotatable bonds is 4. The molecule has 1 saturated heterocycles. The van der Waals surface area contributed by atoms with Crippen molar-refractivity contribution >= 4 is 5.91 Å². The summed E-state index contributed by atoms with van der Waals surface area (Å²) in [6, 6.07) is 3.73. The topological polar surface area (TPSA) is 60.5 Å². The number of nitrogens with one attached hydrogen (secondary N) is 1. The molecule has 1 aromatic heterocycles. The molecular formula is C16H22N2O3. The number of carbonyl (C=O) groups excluding carboxylic acids is 1. The maximum Gasteiger partial charge on any atom is 0.256 e. The number of ether oxygens (including phenoxy) is 2. The van der Waals surface area contributed by atoms with Crippen LogP contribution < -0.4 is 10.1 Å². The molecule has 114 valence electrons. The van der Waals surface area contributed by atoms with E-state index in [0.29, 0.717) is 23.5 Å². The highest BCUT2D eigenvalue weighted by atomic mass is 16.5. The quantitative estimate of drug-likeness (QED) is 0.923. The lowest BCUT2D eigenvalue weighted by molar-refractivity contribution is -0.100. The van der Waals surface area contributed by atoms with E-state index in [0.717, 1.165) is 25.9 Å². The molecule has 2 heterocycles. The van der Waals surface area contributed by atoms with Gasteiger partial charge in [0.25, 0.3) is 5.91 Å². The minimum Gasteiger partial charge on any atom is -0.474 e. The maximum absolute atomic E-state index is 12.5. The van der Waals surface area contributed by atoms with Gasteiger partial charge in [-0.3, -0.25) is 4.79 Å². The molecule has 2 fully saturated rings. The Balaban J connectivity index is 1.66. The number of amides is 1. The molecular weight excluding hydrogens is 268 g/mol. The number of hydrogen-bond donors (Lipinski definition) is 1. The Labute approximate surface area is 125 Å². The molecule has 2 aliphatic rings. The first kappa shape index (κ1) is 14.3. The standard InChI is InChI=1S/C16H22N2O3/c1-10(2)21-16-12(5-3-7-17-16)15(19)18-13-9-14-11(13)6-4-8-20-14/h3,5,7,10-11,13-14H,4,6,8-9H2,1-2H3,(H,18,19). The third kappa shape index (κ3) is 3.02. The molecule has 1 aromatic rings. The van der Waals surface area contributed by atoms with Crippen LogP contribution in [0.1, 0.15) is 43.5 Å². The highest BCUT2D eigenvalue weighted by molar-refractivity contribution is 5.96. The fraction of sp³-hybridized carbons (Fsp3) is 0.625. The Morgan fingerprint density at radius 1 is 1.52 bits per heavy atom. The van der Waals surface area contributed by atoms with Crippen LogP contribution in [0.2, 0.25) is 0 Å². The second-order valence-corrected chi connectivity index (χ2v) is 6.05. The van der Waals surface area contributed by atoms with Crippen molar-refractivity contribution in [2.45, 2.75) is 51.4 Å². The van der Waals surface area contributed by atoms with Gasteiger partial charge in [-0.1, -0.05) is 0 Å². The van der Waals surface area contributed by atoms with Crippen LogP contribution in [0, 0.1) is 5.92 Å². The van der Waals surface area contributed by atoms with E-state index in [2.05, 4.69) is 10.3 Å². The summed E-state index contributed by atoms with van der Waals surface area (Å²) < 4.78 is 11.3. The molecule has 3 atom stereocenters. The van der Waals surface area contributed by atoms with E-state index in [1.807, 2.05) is 13.8 Å². The van der Waals surface area contributed by atoms with Gasteiger partial charge in [0, 0.05) is 24.8 Å². The number of nitrogens with zero attached hydrogens (tertiary/aromatic N) is 1. The zero-order valence-corrected chi connectivity index (χ0v) is 12.5. The predicted octanol–water partition coefficient (Wildman–Crippen LogP) is 2.17. The van der Waals surface area contributed by atoms with Crippen molar-refractivity contribution in [2.24, 2.45) is 5.92 Å². The fourth-order valence-corrected chi connectivity index (χ4v) is 3.09. The third-order valence-electron chi connectivity index (χ3n) is 4.17. The predicted molar refractivity (Wildman–Crippen MR) is 78.3 cm³/mol. The van der Waals surface area contributed by atoms with E-state index in [1.54, 1.807) is 18.3 Å². The first-order valence-corrected chi connectivity index (χ1v) is 7.69. The van der Waals surface area contributed by atoms with Gasteiger partial charge in [-0.15, -0.1) is 0 Å². The molecule has 1 amide bonds. The van der Waals surface area contributed by atoms with Crippen molar-refractivity contribution < 1.29 is 14.3 Å². The van der Waals surface area contributed by atoms with E-state index < -0.39 is 0 Å². The van der Waals surface area contributed by atoms with Gasteiger partial charge in [0.15, 0.2) is 0 Å². The molecule has 1 N–H and O–H groups in total. The third-order valence-corrected chi connectivity index (χ3v) is 4.17. The van der Waals surface area contributed by atoms with Crippen LogP contribution in [0.3, 0.4) is 0 Å². The number of carbonyl (C=O) groups is 1. The van der Waals surface area contributed by atoms with Gasteiger partial charge in [-0.25, -0.2) is 4.98 Å². The number of aromatic nitrogens is 1. The summed E-state index contributed by atoms with van der Waals surface area (Å²) in [7, 11) is 0. The average Bonchev–Trinajstić information content (AvgIpc) is 2.44. The molecule has 21 heavy (non-hydrogen) atoms. The molecule has 3 rings (SSSR count). The van der Waals surface area contributed by atoms with Crippen molar-refractivity contribution in [3.8, 4) is 5.88 Å². The number of fused-ring (bicyclic) bond motifs is 1. The molecule has 0 radical (unpaired) electrons. The zero-order chi connectivity index (χ0) is 14.8. The van der Waals surface area contributed by atoms with Crippen molar-refractivity contribution in [3.63, 3.8) is 0 Å². The Morgan fingerprint density at radius 3 is 3.14 bits per heavy atom. The van der Waals surface area contributed by atoms with E-state index in [-0.39, 0.29) is 18.1 Å². The summed E-state index contributed by atoms with van der Waals surface area (Å²) in [5.41, 5.74) is 0.506. The summed E-state index contributed by atoms with van der Waals surface area (Å²) in [6.07, 6.45) is 5.11. The highest BCUT2D eigenvalue weighted by Crippen LogP contribution is 2.38. The highest BCUT2D eigenvalue weighted by Gasteiger charge is 2.44. The van der Waals surface area contributed by atoms with Gasteiger partial charge in [0.05, 0.1) is 12.2 Å². The van der Waals surface area contributed by atoms with Crippen molar-refractivity contribution in [1.82, 2.24) is 10.3 Å². The summed E-state index contributed by atoms with van der Waals surface area (Å²) >= 11 is 0. The van der Waals surface area contributed by atoms with E-state index in [9.17, 15) is 4.79 Å². The van der Waals surface area contributed by atoms with Crippen LogP contribution in [-0.2, 0) is 4.74 Å². The van der Waals surface area contributed by atoms with Gasteiger partial charge in [-0.2, -0.15) is 0 Å². The molecule has 0 spiro atoms. The molecule has 1 saturated carbocycles. The Morgan fingerprint density at radius 2 is 2.38 bits per heavy atom. The van der Waals surface area contributed by atoms with Crippen molar-refractivity contribution in [1.29, 1.82) is 0 Å². The van der Waals surface area contributed by atoms with Crippen LogP contribution in [0.5, 0.6) is 5.88 Å². The molecule has 3 unspecified atom stereocenters. The van der Waals surface area contributed by atoms with Crippen LogP contribution in [0.25, 0.3) is 0 Å². The largest absolute Gasteiger partial charge is 0.474 e. The monoisotopic (exact) mass is 290 g/mol. The van der Waals surface area contributed by atoms with Gasteiger partial charge in [-0.05, 0) is 45.2 Å². The fourth-order valence-electron chi connectivity index (χ4n) is 3.09. The van der Waals surface area contributed by atoms with E-state index >= 15 is 0 Å². The second kappa shape index (κ2) is 6.02. The number of hydrogen-bond acceptors (Lipinski definition) is 4. The normalized spacial score (nSPS) is 27.7. The Bertz CT molecular complexity index is 518. The van der Waals surface area contributed by atoms with Gasteiger partial charge < -0.3 is 14.8 Å². The van der Waals surface area contributed by atoms with Crippen LogP contribution in [-0.4, -0.2) is 35.7 Å². The van der Waals surface area contributed by atoms with Gasteiger partial charge in [0.2, 0.25) is 5.88 Å². The summed E-state index contributed by atoms with van der Waals surface area (Å²) in [5, 5.41) is 3.11. The molecule has 5 nitrogen and oxygen atoms in total. The van der Waals surface area contributed by atoms with E-state index in [4.69, 9.17) is 9.47 Å². The first-order valence-electron chi connectivity index (χ1n) is 7.69. The minimum atomic E-state index is -0.104. The lowest BCUT2D eigenvalue weighted by atomic mass is 9.72. The van der Waals surface area contributed by atoms with Gasteiger partial charge >= 0.3 is 0 Å². The van der Waals surface area contributed by atoms with Crippen LogP contribution >= 0.6 is 0 Å². The van der Waals surface area contributed by atoms with Gasteiger partial charge in [0.1, 0.15) is 5.56 Å². The maximum atomic E-state index is 12.5. The minimum absolute atomic E-state index is 0.00808. The lowest BCUT2D eigenvalue weighted by Gasteiger charge is -2.47. The molecule has 1 aliphatic heterocycles. The van der Waals surface area contributed by atoms with Crippen LogP contribution in [0.4, 0.5) is 0 Å². The zero-order valence-electron chi connectivity index (χ0n) is 12.5. The summed E-state index contributed by atoms with van der Waals surface area (Å²) in [5.74, 6) is 0.766. The Kier molecular flexibility index (Phi) is 4.10. The van der Waals surface area contributed by atoms with Crippen molar-refractivity contribution in [2.75, 3.05) is 6.61 Å². The van der Waals surface area contributed by atoms with E-state index in [1.165, 1.54) is 0 Å². The Hall–Kier alpha value is -1.62. The average molecular weight is 290 g/mol. The lowest BCUT2D eigenvalue weighted by Crippen LogP contribution is -2.57.